The predicted octanol–water partition coefficient (Wildman–Crippen LogP) is 4.65. The minimum absolute atomic E-state index is 0.105. The molecule has 30 heavy (non-hydrogen) atoms. The highest BCUT2D eigenvalue weighted by atomic mass is 19.4. The Morgan fingerprint density at radius 1 is 1.23 bits per heavy atom. The number of benzene rings is 1. The summed E-state index contributed by atoms with van der Waals surface area (Å²) in [5, 5.41) is 0. The van der Waals surface area contributed by atoms with Crippen molar-refractivity contribution >= 4 is 16.9 Å². The molecule has 0 unspecified atom stereocenters. The van der Waals surface area contributed by atoms with Crippen LogP contribution in [-0.2, 0) is 17.5 Å². The summed E-state index contributed by atoms with van der Waals surface area (Å²) >= 11 is 0. The lowest BCUT2D eigenvalue weighted by Gasteiger charge is -2.38. The lowest BCUT2D eigenvalue weighted by atomic mass is 10.0. The zero-order valence-electron chi connectivity index (χ0n) is 15.6. The molecule has 0 saturated carbocycles. The molecule has 1 aromatic carbocycles. The third kappa shape index (κ3) is 3.50. The second-order valence-electron chi connectivity index (χ2n) is 7.30. The van der Waals surface area contributed by atoms with Gasteiger partial charge in [-0.3, -0.25) is 9.78 Å². The van der Waals surface area contributed by atoms with Crippen LogP contribution in [0.3, 0.4) is 0 Å². The average Bonchev–Trinajstić information content (AvgIpc) is 2.94. The van der Waals surface area contributed by atoms with Crippen LogP contribution in [0.1, 0.15) is 11.1 Å². The van der Waals surface area contributed by atoms with Gasteiger partial charge in [0.05, 0.1) is 29.7 Å². The monoisotopic (exact) mass is 427 g/mol. The van der Waals surface area contributed by atoms with Crippen molar-refractivity contribution in [3.8, 4) is 11.1 Å². The van der Waals surface area contributed by atoms with Gasteiger partial charge in [-0.25, -0.2) is 13.2 Å². The molecule has 3 aromatic rings. The highest BCUT2D eigenvalue weighted by Crippen LogP contribution is 2.36. The Labute approximate surface area is 166 Å². The lowest BCUT2D eigenvalue weighted by Crippen LogP contribution is -2.59. The van der Waals surface area contributed by atoms with Crippen LogP contribution in [0.4, 0.5) is 26.3 Å². The number of fused-ring (bicyclic) bond motifs is 1. The maximum Gasteiger partial charge on any atom is 0.419 e. The van der Waals surface area contributed by atoms with E-state index in [0.29, 0.717) is 22.7 Å². The summed E-state index contributed by atoms with van der Waals surface area (Å²) in [6.07, 6.45) is -1.99. The van der Waals surface area contributed by atoms with Crippen LogP contribution >= 0.6 is 0 Å². The van der Waals surface area contributed by atoms with Crippen molar-refractivity contribution in [2.45, 2.75) is 25.6 Å². The normalized spacial score (nSPS) is 16.0. The first kappa shape index (κ1) is 20.2. The van der Waals surface area contributed by atoms with Crippen molar-refractivity contribution in [1.82, 2.24) is 14.5 Å². The van der Waals surface area contributed by atoms with Crippen LogP contribution in [0.5, 0.6) is 0 Å². The Morgan fingerprint density at radius 3 is 2.57 bits per heavy atom. The fraction of sp³-hybridized carbons (Fsp3) is 0.300. The molecule has 1 aliphatic rings. The van der Waals surface area contributed by atoms with Crippen LogP contribution < -0.4 is 0 Å². The number of carbonyl (C=O) groups excluding carboxylic acids is 1. The van der Waals surface area contributed by atoms with Crippen molar-refractivity contribution in [2.75, 3.05) is 13.1 Å². The number of rotatable bonds is 3. The van der Waals surface area contributed by atoms with E-state index in [0.717, 1.165) is 11.0 Å². The molecule has 0 N–H and O–H groups in total. The van der Waals surface area contributed by atoms with Gasteiger partial charge in [0.15, 0.2) is 0 Å². The average molecular weight is 427 g/mol. The Bertz CT molecular complexity index is 1140. The van der Waals surface area contributed by atoms with Crippen molar-refractivity contribution < 1.29 is 31.1 Å². The highest BCUT2D eigenvalue weighted by molar-refractivity contribution is 5.86. The number of carbonyl (C=O) groups is 1. The molecule has 0 radical (unpaired) electrons. The molecule has 0 spiro atoms. The van der Waals surface area contributed by atoms with Crippen molar-refractivity contribution in [2.24, 2.45) is 0 Å². The summed E-state index contributed by atoms with van der Waals surface area (Å²) in [6, 6.07) is 4.40. The molecule has 10 heteroatoms. The number of hydrogen-bond acceptors (Lipinski definition) is 2. The smallest absolute Gasteiger partial charge is 0.336 e. The number of alkyl halides is 5. The first-order valence-corrected chi connectivity index (χ1v) is 8.93. The first-order valence-electron chi connectivity index (χ1n) is 8.93. The molecule has 0 atom stereocenters. The van der Waals surface area contributed by atoms with Crippen LogP contribution in [-0.4, -0.2) is 39.4 Å². The number of pyridine rings is 1. The SMILES string of the molecule is Cc1cn(CC(=O)N2CC(F)(F)C2)c2cc(-c3cccc(C(F)(F)F)c3F)cnc12. The van der Waals surface area contributed by atoms with E-state index < -0.39 is 42.5 Å². The Morgan fingerprint density at radius 2 is 1.93 bits per heavy atom. The van der Waals surface area contributed by atoms with Gasteiger partial charge >= 0.3 is 6.18 Å². The summed E-state index contributed by atoms with van der Waals surface area (Å²) in [4.78, 5) is 17.5. The number of halogens is 6. The standard InChI is InChI=1S/C20H15F6N3O/c1-11-7-28(8-16(30)29-9-19(22,23)10-29)15-5-12(6-27-18(11)15)13-3-2-4-14(17(13)21)20(24,25)26/h2-7H,8-10H2,1H3. The molecular weight excluding hydrogens is 412 g/mol. The van der Waals surface area contributed by atoms with E-state index in [9.17, 15) is 31.1 Å². The largest absolute Gasteiger partial charge is 0.419 e. The quantitative estimate of drug-likeness (QED) is 0.571. The Balaban J connectivity index is 1.71. The molecular formula is C20H15F6N3O. The minimum atomic E-state index is -4.85. The summed E-state index contributed by atoms with van der Waals surface area (Å²) in [5.74, 6) is -4.83. The molecule has 1 amide bonds. The van der Waals surface area contributed by atoms with E-state index in [1.807, 2.05) is 0 Å². The van der Waals surface area contributed by atoms with Gasteiger partial charge in [-0.05, 0) is 24.6 Å². The van der Waals surface area contributed by atoms with Crippen LogP contribution in [0.25, 0.3) is 22.2 Å². The number of nitrogens with zero attached hydrogens (tertiary/aromatic N) is 3. The molecule has 4 nitrogen and oxygen atoms in total. The second kappa shape index (κ2) is 6.75. The number of hydrogen-bond donors (Lipinski definition) is 0. The molecule has 4 rings (SSSR count). The van der Waals surface area contributed by atoms with Gasteiger partial charge in [0.25, 0.3) is 5.92 Å². The van der Waals surface area contributed by atoms with E-state index in [1.165, 1.54) is 22.9 Å². The summed E-state index contributed by atoms with van der Waals surface area (Å²) < 4.78 is 81.1. The highest BCUT2D eigenvalue weighted by Gasteiger charge is 2.46. The topological polar surface area (TPSA) is 38.1 Å². The maximum absolute atomic E-state index is 14.5. The van der Waals surface area contributed by atoms with Gasteiger partial charge in [-0.15, -0.1) is 0 Å². The number of amides is 1. The van der Waals surface area contributed by atoms with Gasteiger partial charge in [-0.1, -0.05) is 12.1 Å². The van der Waals surface area contributed by atoms with Crippen LogP contribution in [0, 0.1) is 12.7 Å². The zero-order valence-corrected chi connectivity index (χ0v) is 15.6. The summed E-state index contributed by atoms with van der Waals surface area (Å²) in [7, 11) is 0. The number of likely N-dealkylation sites (tertiary alicyclic amines) is 1. The fourth-order valence-electron chi connectivity index (χ4n) is 3.53. The van der Waals surface area contributed by atoms with E-state index in [4.69, 9.17) is 0 Å². The lowest BCUT2D eigenvalue weighted by molar-refractivity contribution is -0.166. The maximum atomic E-state index is 14.5. The van der Waals surface area contributed by atoms with E-state index >= 15 is 0 Å². The van der Waals surface area contributed by atoms with Gasteiger partial charge in [0, 0.05) is 23.5 Å². The fourth-order valence-corrected chi connectivity index (χ4v) is 3.53. The number of aryl methyl sites for hydroxylation is 1. The van der Waals surface area contributed by atoms with Crippen molar-refractivity contribution in [1.29, 1.82) is 0 Å². The Kier molecular flexibility index (Phi) is 4.55. The first-order chi connectivity index (χ1) is 14.0. The molecule has 1 aliphatic heterocycles. The van der Waals surface area contributed by atoms with Gasteiger partial charge in [-0.2, -0.15) is 13.2 Å². The molecule has 158 valence electrons. The Hall–Kier alpha value is -3.04. The van der Waals surface area contributed by atoms with Gasteiger partial charge in [0.2, 0.25) is 5.91 Å². The van der Waals surface area contributed by atoms with Crippen LogP contribution in [0.15, 0.2) is 36.7 Å². The molecule has 0 bridgehead atoms. The third-order valence-corrected chi connectivity index (χ3v) is 5.02. The second-order valence-corrected chi connectivity index (χ2v) is 7.30. The number of aromatic nitrogens is 2. The van der Waals surface area contributed by atoms with Crippen molar-refractivity contribution in [3.05, 3.63) is 53.6 Å². The molecule has 2 aromatic heterocycles. The molecule has 1 saturated heterocycles. The van der Waals surface area contributed by atoms with Gasteiger partial charge < -0.3 is 9.47 Å². The van der Waals surface area contributed by atoms with E-state index in [1.54, 1.807) is 13.1 Å². The van der Waals surface area contributed by atoms with E-state index in [-0.39, 0.29) is 17.7 Å². The summed E-state index contributed by atoms with van der Waals surface area (Å²) in [6.45, 7) is 0.182. The minimum Gasteiger partial charge on any atom is -0.336 e. The van der Waals surface area contributed by atoms with E-state index in [2.05, 4.69) is 4.98 Å². The van der Waals surface area contributed by atoms with Crippen molar-refractivity contribution in [3.63, 3.8) is 0 Å². The predicted molar refractivity (Wildman–Crippen MR) is 96.4 cm³/mol. The van der Waals surface area contributed by atoms with Gasteiger partial charge in [0.1, 0.15) is 12.4 Å². The molecule has 3 heterocycles. The zero-order chi connectivity index (χ0) is 21.8. The molecule has 0 aliphatic carbocycles. The third-order valence-electron chi connectivity index (χ3n) is 5.02. The summed E-state index contributed by atoms with van der Waals surface area (Å²) in [5.41, 5.74) is -0.00889. The van der Waals surface area contributed by atoms with Crippen LogP contribution in [0.2, 0.25) is 0 Å². The molecule has 1 fully saturated rings.